The van der Waals surface area contributed by atoms with Gasteiger partial charge in [-0.3, -0.25) is 10.00 Å². The van der Waals surface area contributed by atoms with Crippen molar-refractivity contribution in [3.63, 3.8) is 0 Å². The number of aryl methyl sites for hydroxylation is 1. The van der Waals surface area contributed by atoms with Crippen LogP contribution in [0.5, 0.6) is 0 Å². The maximum Gasteiger partial charge on any atom is 0.0924 e. The van der Waals surface area contributed by atoms with E-state index in [9.17, 15) is 0 Å². The van der Waals surface area contributed by atoms with Gasteiger partial charge in [-0.1, -0.05) is 30.3 Å². The molecule has 1 aromatic carbocycles. The third-order valence-electron chi connectivity index (χ3n) is 3.40. The number of hydrogen-bond donors (Lipinski definition) is 1. The fourth-order valence-corrected chi connectivity index (χ4v) is 3.13. The molecule has 0 radical (unpaired) electrons. The number of benzene rings is 1. The molecule has 0 atom stereocenters. The molecule has 0 unspecified atom stereocenters. The van der Waals surface area contributed by atoms with Crippen molar-refractivity contribution in [1.82, 2.24) is 20.1 Å². The number of aromatic nitrogens is 3. The second-order valence-electron chi connectivity index (χ2n) is 5.18. The van der Waals surface area contributed by atoms with Crippen LogP contribution >= 0.6 is 11.3 Å². The van der Waals surface area contributed by atoms with E-state index < -0.39 is 0 Å². The largest absolute Gasteiger partial charge is 0.295 e. The summed E-state index contributed by atoms with van der Waals surface area (Å²) in [6, 6.07) is 12.3. The topological polar surface area (TPSA) is 44.8 Å². The van der Waals surface area contributed by atoms with Crippen molar-refractivity contribution < 1.29 is 0 Å². The maximum absolute atomic E-state index is 4.39. The molecule has 0 saturated carbocycles. The number of rotatable bonds is 5. The van der Waals surface area contributed by atoms with Crippen LogP contribution in [0.1, 0.15) is 16.3 Å². The third-order valence-corrected chi connectivity index (χ3v) is 4.32. The summed E-state index contributed by atoms with van der Waals surface area (Å²) >= 11 is 1.71. The minimum Gasteiger partial charge on any atom is -0.295 e. The minimum atomic E-state index is 0.844. The summed E-state index contributed by atoms with van der Waals surface area (Å²) in [5.41, 5.74) is 6.29. The van der Waals surface area contributed by atoms with E-state index in [4.69, 9.17) is 0 Å². The van der Waals surface area contributed by atoms with Gasteiger partial charge in [0.2, 0.25) is 0 Å². The number of aromatic amines is 1. The van der Waals surface area contributed by atoms with Gasteiger partial charge >= 0.3 is 0 Å². The number of H-pyrrole nitrogens is 1. The van der Waals surface area contributed by atoms with Crippen molar-refractivity contribution in [2.75, 3.05) is 7.05 Å². The van der Waals surface area contributed by atoms with Gasteiger partial charge in [0.25, 0.3) is 0 Å². The van der Waals surface area contributed by atoms with Crippen LogP contribution in [0.3, 0.4) is 0 Å². The Hall–Kier alpha value is -1.98. The Bertz CT molecular complexity index is 702. The van der Waals surface area contributed by atoms with Gasteiger partial charge in [0.1, 0.15) is 0 Å². The zero-order chi connectivity index (χ0) is 14.7. The summed E-state index contributed by atoms with van der Waals surface area (Å²) in [5.74, 6) is 0. The molecule has 1 N–H and O–H groups in total. The molecule has 2 aromatic heterocycles. The average Bonchev–Trinajstić information content (AvgIpc) is 3.10. The number of hydrogen-bond acceptors (Lipinski definition) is 4. The van der Waals surface area contributed by atoms with E-state index in [0.717, 1.165) is 35.7 Å². The van der Waals surface area contributed by atoms with Crippen LogP contribution in [0.4, 0.5) is 0 Å². The summed E-state index contributed by atoms with van der Waals surface area (Å²) in [4.78, 5) is 7.88. The second kappa shape index (κ2) is 6.20. The summed E-state index contributed by atoms with van der Waals surface area (Å²) < 4.78 is 0. The summed E-state index contributed by atoms with van der Waals surface area (Å²) in [6.07, 6.45) is 0. The first kappa shape index (κ1) is 14.0. The molecular weight excluding hydrogens is 280 g/mol. The molecule has 2 heterocycles. The molecular formula is C16H18N4S. The molecule has 0 fully saturated rings. The Morgan fingerprint density at radius 1 is 1.19 bits per heavy atom. The molecule has 0 aliphatic heterocycles. The molecule has 0 aliphatic carbocycles. The average molecular weight is 298 g/mol. The van der Waals surface area contributed by atoms with E-state index >= 15 is 0 Å². The zero-order valence-electron chi connectivity index (χ0n) is 12.2. The van der Waals surface area contributed by atoms with Gasteiger partial charge in [-0.05, 0) is 20.0 Å². The first-order chi connectivity index (χ1) is 10.2. The van der Waals surface area contributed by atoms with E-state index in [1.54, 1.807) is 11.3 Å². The molecule has 3 aromatic rings. The summed E-state index contributed by atoms with van der Waals surface area (Å²) in [5, 5.41) is 7.52. The predicted molar refractivity (Wildman–Crippen MR) is 86.0 cm³/mol. The van der Waals surface area contributed by atoms with E-state index in [1.807, 2.05) is 23.7 Å². The highest BCUT2D eigenvalue weighted by Crippen LogP contribution is 2.19. The number of thiazole rings is 1. The van der Waals surface area contributed by atoms with Crippen LogP contribution < -0.4 is 0 Å². The first-order valence-electron chi connectivity index (χ1n) is 6.89. The molecule has 5 heteroatoms. The maximum atomic E-state index is 4.39. The lowest BCUT2D eigenvalue weighted by molar-refractivity contribution is 0.317. The van der Waals surface area contributed by atoms with Crippen molar-refractivity contribution in [1.29, 1.82) is 0 Å². The molecule has 0 amide bonds. The highest BCUT2D eigenvalue weighted by molar-refractivity contribution is 7.09. The van der Waals surface area contributed by atoms with Gasteiger partial charge in [-0.2, -0.15) is 5.10 Å². The molecule has 0 saturated heterocycles. The molecule has 0 aliphatic rings. The van der Waals surface area contributed by atoms with E-state index in [-0.39, 0.29) is 0 Å². The van der Waals surface area contributed by atoms with Crippen molar-refractivity contribution in [3.05, 3.63) is 58.2 Å². The van der Waals surface area contributed by atoms with Gasteiger partial charge in [-0.25, -0.2) is 4.98 Å². The van der Waals surface area contributed by atoms with Crippen molar-refractivity contribution in [2.24, 2.45) is 0 Å². The normalized spacial score (nSPS) is 11.2. The van der Waals surface area contributed by atoms with E-state index in [2.05, 4.69) is 52.3 Å². The Balaban J connectivity index is 1.66. The summed E-state index contributed by atoms with van der Waals surface area (Å²) in [6.45, 7) is 3.82. The second-order valence-corrected chi connectivity index (χ2v) is 6.12. The Morgan fingerprint density at radius 2 is 2.00 bits per heavy atom. The fourth-order valence-electron chi connectivity index (χ4n) is 2.27. The number of nitrogens with zero attached hydrogens (tertiary/aromatic N) is 3. The van der Waals surface area contributed by atoms with E-state index in [0.29, 0.717) is 0 Å². The number of nitrogens with one attached hydrogen (secondary N) is 1. The SMILES string of the molecule is Cc1ncsc1CN(C)Cc1cc(-c2ccccc2)n[nH]1. The fraction of sp³-hybridized carbons (Fsp3) is 0.250. The van der Waals surface area contributed by atoms with Crippen LogP contribution in [0.25, 0.3) is 11.3 Å². The molecule has 4 nitrogen and oxygen atoms in total. The highest BCUT2D eigenvalue weighted by Gasteiger charge is 2.09. The monoisotopic (exact) mass is 298 g/mol. The Morgan fingerprint density at radius 3 is 2.71 bits per heavy atom. The van der Waals surface area contributed by atoms with Crippen LogP contribution in [-0.2, 0) is 13.1 Å². The Kier molecular flexibility index (Phi) is 4.13. The molecule has 0 bridgehead atoms. The Labute approximate surface area is 128 Å². The summed E-state index contributed by atoms with van der Waals surface area (Å²) in [7, 11) is 2.11. The zero-order valence-corrected chi connectivity index (χ0v) is 13.0. The van der Waals surface area contributed by atoms with Crippen LogP contribution in [0.15, 0.2) is 41.9 Å². The lowest BCUT2D eigenvalue weighted by Crippen LogP contribution is -2.17. The molecule has 0 spiro atoms. The first-order valence-corrected chi connectivity index (χ1v) is 7.77. The van der Waals surface area contributed by atoms with E-state index in [1.165, 1.54) is 4.88 Å². The lowest BCUT2D eigenvalue weighted by atomic mass is 10.1. The quantitative estimate of drug-likeness (QED) is 0.784. The lowest BCUT2D eigenvalue weighted by Gasteiger charge is -2.14. The minimum absolute atomic E-state index is 0.844. The van der Waals surface area contributed by atoms with Crippen LogP contribution in [0, 0.1) is 6.92 Å². The predicted octanol–water partition coefficient (Wildman–Crippen LogP) is 3.47. The van der Waals surface area contributed by atoms with Crippen LogP contribution in [0.2, 0.25) is 0 Å². The van der Waals surface area contributed by atoms with Gasteiger partial charge in [0, 0.05) is 29.2 Å². The smallest absolute Gasteiger partial charge is 0.0924 e. The molecule has 3 rings (SSSR count). The third kappa shape index (κ3) is 3.37. The van der Waals surface area contributed by atoms with Gasteiger partial charge < -0.3 is 0 Å². The highest BCUT2D eigenvalue weighted by atomic mass is 32.1. The van der Waals surface area contributed by atoms with Crippen molar-refractivity contribution in [2.45, 2.75) is 20.0 Å². The van der Waals surface area contributed by atoms with Crippen molar-refractivity contribution in [3.8, 4) is 11.3 Å². The van der Waals surface area contributed by atoms with Gasteiger partial charge in [0.15, 0.2) is 0 Å². The van der Waals surface area contributed by atoms with Gasteiger partial charge in [-0.15, -0.1) is 11.3 Å². The van der Waals surface area contributed by atoms with Crippen LogP contribution in [-0.4, -0.2) is 27.1 Å². The van der Waals surface area contributed by atoms with Gasteiger partial charge in [0.05, 0.1) is 16.9 Å². The van der Waals surface area contributed by atoms with Crippen molar-refractivity contribution >= 4 is 11.3 Å². The molecule has 108 valence electrons. The molecule has 21 heavy (non-hydrogen) atoms. The standard InChI is InChI=1S/C16H18N4S/c1-12-16(21-11-17-12)10-20(2)9-14-8-15(19-18-14)13-6-4-3-5-7-13/h3-8,11H,9-10H2,1-2H3,(H,18,19).